The van der Waals surface area contributed by atoms with E-state index in [4.69, 9.17) is 23.2 Å². The van der Waals surface area contributed by atoms with Crippen LogP contribution in [0, 0.1) is 17.8 Å². The predicted molar refractivity (Wildman–Crippen MR) is 75.1 cm³/mol. The Morgan fingerprint density at radius 1 is 0.833 bits per heavy atom. The van der Waals surface area contributed by atoms with Gasteiger partial charge in [-0.3, -0.25) is 0 Å². The second kappa shape index (κ2) is 6.30. The fraction of sp³-hybridized carbons (Fsp3) is 1.00. The fourth-order valence-corrected chi connectivity index (χ4v) is 4.86. The topological polar surface area (TPSA) is 40.5 Å². The first-order valence-corrected chi connectivity index (χ1v) is 8.00. The number of halogens is 2. The van der Waals surface area contributed by atoms with Gasteiger partial charge in [0.05, 0.1) is 12.2 Å². The van der Waals surface area contributed by atoms with E-state index in [1.54, 1.807) is 0 Å². The summed E-state index contributed by atoms with van der Waals surface area (Å²) in [6, 6.07) is 0. The van der Waals surface area contributed by atoms with Gasteiger partial charge in [0, 0.05) is 10.8 Å². The third kappa shape index (κ3) is 3.33. The van der Waals surface area contributed by atoms with Crippen LogP contribution in [-0.2, 0) is 0 Å². The van der Waals surface area contributed by atoms with Crippen molar-refractivity contribution in [1.29, 1.82) is 0 Å². The molecule has 2 fully saturated rings. The van der Waals surface area contributed by atoms with E-state index in [2.05, 4.69) is 6.92 Å². The second-order valence-electron chi connectivity index (χ2n) is 6.15. The average molecular weight is 295 g/mol. The maximum atomic E-state index is 9.63. The van der Waals surface area contributed by atoms with E-state index >= 15 is 0 Å². The first-order valence-electron chi connectivity index (χ1n) is 7.13. The molecule has 2 nitrogen and oxygen atoms in total. The molecule has 0 aromatic rings. The highest BCUT2D eigenvalue weighted by Crippen LogP contribution is 2.43. The minimum Gasteiger partial charge on any atom is -0.393 e. The molecule has 2 aliphatic carbocycles. The summed E-state index contributed by atoms with van der Waals surface area (Å²) in [4.78, 5) is 0. The van der Waals surface area contributed by atoms with Gasteiger partial charge in [0.15, 0.2) is 0 Å². The molecule has 106 valence electrons. The number of aliphatic hydroxyl groups excluding tert-OH is 2. The average Bonchev–Trinajstić information content (AvgIpc) is 2.28. The molecule has 0 radical (unpaired) electrons. The Hall–Kier alpha value is 0.500. The van der Waals surface area contributed by atoms with Gasteiger partial charge in [-0.2, -0.15) is 0 Å². The summed E-state index contributed by atoms with van der Waals surface area (Å²) in [6.07, 6.45) is 4.68. The van der Waals surface area contributed by atoms with Crippen molar-refractivity contribution in [2.75, 3.05) is 0 Å². The summed E-state index contributed by atoms with van der Waals surface area (Å²) >= 11 is 12.8. The SMILES string of the molecule is CC(C1CCC(O)CC1Cl)C1CCC(O)CC1Cl. The lowest BCUT2D eigenvalue weighted by atomic mass is 9.69. The normalized spacial score (nSPS) is 47.8. The summed E-state index contributed by atoms with van der Waals surface area (Å²) in [5.41, 5.74) is 0. The lowest BCUT2D eigenvalue weighted by Crippen LogP contribution is -2.40. The largest absolute Gasteiger partial charge is 0.393 e. The number of alkyl halides is 2. The van der Waals surface area contributed by atoms with Crippen LogP contribution in [0.4, 0.5) is 0 Å². The van der Waals surface area contributed by atoms with Crippen molar-refractivity contribution in [3.8, 4) is 0 Å². The molecule has 0 bridgehead atoms. The zero-order chi connectivity index (χ0) is 13.3. The Morgan fingerprint density at radius 2 is 1.22 bits per heavy atom. The van der Waals surface area contributed by atoms with Crippen molar-refractivity contribution in [3.05, 3.63) is 0 Å². The molecule has 2 N–H and O–H groups in total. The Morgan fingerprint density at radius 3 is 1.56 bits per heavy atom. The van der Waals surface area contributed by atoms with Crippen LogP contribution in [0.25, 0.3) is 0 Å². The minimum absolute atomic E-state index is 0.0690. The molecule has 0 amide bonds. The molecule has 0 aromatic heterocycles. The highest BCUT2D eigenvalue weighted by atomic mass is 35.5. The van der Waals surface area contributed by atoms with Crippen LogP contribution in [0.5, 0.6) is 0 Å². The monoisotopic (exact) mass is 294 g/mol. The lowest BCUT2D eigenvalue weighted by Gasteiger charge is -2.42. The Kier molecular flexibility index (Phi) is 5.21. The molecule has 2 rings (SSSR count). The van der Waals surface area contributed by atoms with Gasteiger partial charge in [0.25, 0.3) is 0 Å². The summed E-state index contributed by atoms with van der Waals surface area (Å²) in [7, 11) is 0. The smallest absolute Gasteiger partial charge is 0.0554 e. The van der Waals surface area contributed by atoms with E-state index in [1.807, 2.05) is 0 Å². The van der Waals surface area contributed by atoms with Gasteiger partial charge in [-0.05, 0) is 56.3 Å². The van der Waals surface area contributed by atoms with Crippen LogP contribution in [0.15, 0.2) is 0 Å². The molecule has 0 heterocycles. The second-order valence-corrected chi connectivity index (χ2v) is 7.27. The maximum absolute atomic E-state index is 9.63. The quantitative estimate of drug-likeness (QED) is 0.768. The van der Waals surface area contributed by atoms with E-state index in [-0.39, 0.29) is 23.0 Å². The first-order chi connectivity index (χ1) is 8.49. The molecule has 2 saturated carbocycles. The zero-order valence-electron chi connectivity index (χ0n) is 10.9. The van der Waals surface area contributed by atoms with Crippen molar-refractivity contribution in [2.24, 2.45) is 17.8 Å². The van der Waals surface area contributed by atoms with Crippen LogP contribution in [0.1, 0.15) is 45.4 Å². The number of hydrogen-bond donors (Lipinski definition) is 2. The van der Waals surface area contributed by atoms with Gasteiger partial charge >= 0.3 is 0 Å². The van der Waals surface area contributed by atoms with Gasteiger partial charge < -0.3 is 10.2 Å². The van der Waals surface area contributed by atoms with Gasteiger partial charge in [-0.15, -0.1) is 23.2 Å². The third-order valence-corrected chi connectivity index (χ3v) is 5.94. The number of aliphatic hydroxyl groups is 2. The van der Waals surface area contributed by atoms with E-state index in [0.717, 1.165) is 25.7 Å². The molecule has 6 unspecified atom stereocenters. The molecule has 0 saturated heterocycles. The highest BCUT2D eigenvalue weighted by molar-refractivity contribution is 6.21. The molecule has 0 spiro atoms. The van der Waals surface area contributed by atoms with Gasteiger partial charge in [0.1, 0.15) is 0 Å². The molecule has 0 aromatic carbocycles. The van der Waals surface area contributed by atoms with Crippen molar-refractivity contribution in [3.63, 3.8) is 0 Å². The van der Waals surface area contributed by atoms with E-state index in [0.29, 0.717) is 30.6 Å². The van der Waals surface area contributed by atoms with Crippen molar-refractivity contribution in [1.82, 2.24) is 0 Å². The molecule has 18 heavy (non-hydrogen) atoms. The summed E-state index contributed by atoms with van der Waals surface area (Å²) in [5, 5.41) is 19.4. The van der Waals surface area contributed by atoms with Crippen LogP contribution in [0.3, 0.4) is 0 Å². The van der Waals surface area contributed by atoms with Crippen LogP contribution >= 0.6 is 23.2 Å². The van der Waals surface area contributed by atoms with Gasteiger partial charge in [-0.25, -0.2) is 0 Å². The van der Waals surface area contributed by atoms with E-state index < -0.39 is 0 Å². The summed E-state index contributed by atoms with van der Waals surface area (Å²) < 4.78 is 0. The van der Waals surface area contributed by atoms with Crippen molar-refractivity contribution >= 4 is 23.2 Å². The van der Waals surface area contributed by atoms with Crippen LogP contribution in [0.2, 0.25) is 0 Å². The molecule has 2 aliphatic rings. The standard InChI is InChI=1S/C14H24Cl2O2/c1-8(11-4-2-9(17)6-13(11)15)12-5-3-10(18)7-14(12)16/h8-14,17-18H,2-7H2,1H3. The summed E-state index contributed by atoms with van der Waals surface area (Å²) in [5.74, 6) is 1.39. The Labute approximate surface area is 120 Å². The fourth-order valence-electron chi connectivity index (χ4n) is 3.74. The summed E-state index contributed by atoms with van der Waals surface area (Å²) in [6.45, 7) is 2.25. The third-order valence-electron chi connectivity index (χ3n) is 4.94. The Balaban J connectivity index is 1.96. The lowest BCUT2D eigenvalue weighted by molar-refractivity contribution is 0.0566. The minimum atomic E-state index is -0.226. The molecule has 4 heteroatoms. The van der Waals surface area contributed by atoms with E-state index in [9.17, 15) is 10.2 Å². The highest BCUT2D eigenvalue weighted by Gasteiger charge is 2.39. The van der Waals surface area contributed by atoms with Gasteiger partial charge in [0.2, 0.25) is 0 Å². The number of rotatable bonds is 2. The predicted octanol–water partition coefficient (Wildman–Crippen LogP) is 3.16. The molecule has 0 aliphatic heterocycles. The Bertz CT molecular complexity index is 249. The van der Waals surface area contributed by atoms with Gasteiger partial charge in [-0.1, -0.05) is 6.92 Å². The van der Waals surface area contributed by atoms with Crippen molar-refractivity contribution < 1.29 is 10.2 Å². The van der Waals surface area contributed by atoms with Crippen LogP contribution < -0.4 is 0 Å². The maximum Gasteiger partial charge on any atom is 0.0554 e. The van der Waals surface area contributed by atoms with Crippen LogP contribution in [-0.4, -0.2) is 33.2 Å². The first kappa shape index (κ1) is 14.9. The van der Waals surface area contributed by atoms with Crippen molar-refractivity contribution in [2.45, 2.75) is 68.4 Å². The van der Waals surface area contributed by atoms with E-state index in [1.165, 1.54) is 0 Å². The molecule has 6 atom stereocenters. The molecular weight excluding hydrogens is 271 g/mol. The zero-order valence-corrected chi connectivity index (χ0v) is 12.4. The number of hydrogen-bond acceptors (Lipinski definition) is 2. The molecular formula is C14H24Cl2O2.